The summed E-state index contributed by atoms with van der Waals surface area (Å²) in [6, 6.07) is 11.8. The van der Waals surface area contributed by atoms with Gasteiger partial charge in [0.1, 0.15) is 17.2 Å². The molecule has 2 N–H and O–H groups in total. The van der Waals surface area contributed by atoms with Crippen molar-refractivity contribution in [3.8, 4) is 17.2 Å². The molecular formula is C18H20O4. The molecule has 0 atom stereocenters. The van der Waals surface area contributed by atoms with Gasteiger partial charge in [0, 0.05) is 6.07 Å². The van der Waals surface area contributed by atoms with E-state index < -0.39 is 0 Å². The number of rotatable bonds is 3. The van der Waals surface area contributed by atoms with Crippen LogP contribution in [-0.2, 0) is 0 Å². The third kappa shape index (κ3) is 5.71. The lowest BCUT2D eigenvalue weighted by atomic mass is 10.1. The number of hydrogen-bond acceptors (Lipinski definition) is 4. The molecule has 0 saturated carbocycles. The zero-order valence-electron chi connectivity index (χ0n) is 12.9. The van der Waals surface area contributed by atoms with Crippen LogP contribution in [0.3, 0.4) is 0 Å². The summed E-state index contributed by atoms with van der Waals surface area (Å²) in [5.41, 5.74) is 2.66. The molecule has 0 amide bonds. The fourth-order valence-corrected chi connectivity index (χ4v) is 1.70. The molecule has 2 aromatic rings. The van der Waals surface area contributed by atoms with E-state index in [9.17, 15) is 4.79 Å². The van der Waals surface area contributed by atoms with Gasteiger partial charge in [-0.3, -0.25) is 4.79 Å². The zero-order valence-corrected chi connectivity index (χ0v) is 12.9. The number of benzene rings is 2. The van der Waals surface area contributed by atoms with Gasteiger partial charge in [-0.1, -0.05) is 23.8 Å². The summed E-state index contributed by atoms with van der Waals surface area (Å²) in [5.74, 6) is 0.656. The molecule has 2 rings (SSSR count). The number of carbonyl (C=O) groups excluding carboxylic acids is 1. The van der Waals surface area contributed by atoms with E-state index in [1.54, 1.807) is 7.11 Å². The van der Waals surface area contributed by atoms with E-state index in [0.29, 0.717) is 6.29 Å². The standard InChI is InChI=1S/C11H14O.C7H6O3/c1-9(2)7-10-5-4-6-11(8-10)12-3;8-4-5-1-2-6(9)3-7(5)10/h4-8H,1-3H3;1-4,9-10H. The Bertz CT molecular complexity index is 656. The number of aldehydes is 1. The number of phenolic OH excluding ortho intramolecular Hbond substituents is 2. The van der Waals surface area contributed by atoms with E-state index in [0.717, 1.165) is 11.8 Å². The SMILES string of the molecule is COc1cccc(C=C(C)C)c1.O=Cc1ccc(O)cc1O. The molecule has 4 nitrogen and oxygen atoms in total. The summed E-state index contributed by atoms with van der Waals surface area (Å²) in [7, 11) is 1.68. The van der Waals surface area contributed by atoms with E-state index in [4.69, 9.17) is 14.9 Å². The van der Waals surface area contributed by atoms with Crippen LogP contribution in [0.1, 0.15) is 29.8 Å². The second kappa shape index (κ2) is 8.52. The number of ether oxygens (including phenoxy) is 1. The Kier molecular flexibility index (Phi) is 6.70. The van der Waals surface area contributed by atoms with E-state index in [1.807, 2.05) is 18.2 Å². The molecule has 0 fully saturated rings. The van der Waals surface area contributed by atoms with Gasteiger partial charge in [-0.25, -0.2) is 0 Å². The fraction of sp³-hybridized carbons (Fsp3) is 0.167. The van der Waals surface area contributed by atoms with Gasteiger partial charge in [0.25, 0.3) is 0 Å². The minimum atomic E-state index is -0.199. The molecule has 116 valence electrons. The predicted molar refractivity (Wildman–Crippen MR) is 87.5 cm³/mol. The number of methoxy groups -OCH3 is 1. The van der Waals surface area contributed by atoms with Crippen molar-refractivity contribution in [1.29, 1.82) is 0 Å². The average Bonchev–Trinajstić information content (AvgIpc) is 2.47. The maximum absolute atomic E-state index is 10.1. The molecule has 0 bridgehead atoms. The Morgan fingerprint density at radius 2 is 1.82 bits per heavy atom. The van der Waals surface area contributed by atoms with Crippen molar-refractivity contribution < 1.29 is 19.7 Å². The average molecular weight is 300 g/mol. The molecule has 2 aromatic carbocycles. The van der Waals surface area contributed by atoms with E-state index in [1.165, 1.54) is 23.3 Å². The number of carbonyl (C=O) groups is 1. The van der Waals surface area contributed by atoms with Crippen LogP contribution in [0, 0.1) is 0 Å². The van der Waals surface area contributed by atoms with Crippen LogP contribution >= 0.6 is 0 Å². The zero-order chi connectivity index (χ0) is 16.5. The van der Waals surface area contributed by atoms with Crippen molar-refractivity contribution in [2.45, 2.75) is 13.8 Å². The van der Waals surface area contributed by atoms with Gasteiger partial charge in [0.2, 0.25) is 0 Å². The van der Waals surface area contributed by atoms with Crippen LogP contribution in [0.4, 0.5) is 0 Å². The molecule has 0 unspecified atom stereocenters. The van der Waals surface area contributed by atoms with Crippen molar-refractivity contribution in [1.82, 2.24) is 0 Å². The van der Waals surface area contributed by atoms with Crippen molar-refractivity contribution in [3.05, 3.63) is 59.2 Å². The van der Waals surface area contributed by atoms with E-state index in [2.05, 4.69) is 26.0 Å². The first-order valence-electron chi connectivity index (χ1n) is 6.72. The van der Waals surface area contributed by atoms with Crippen molar-refractivity contribution in [2.24, 2.45) is 0 Å². The first kappa shape index (κ1) is 17.3. The van der Waals surface area contributed by atoms with Crippen LogP contribution in [-0.4, -0.2) is 23.6 Å². The van der Waals surface area contributed by atoms with Crippen LogP contribution in [0.25, 0.3) is 6.08 Å². The number of allylic oxidation sites excluding steroid dienone is 1. The maximum Gasteiger partial charge on any atom is 0.153 e. The number of hydrogen-bond donors (Lipinski definition) is 2. The molecular weight excluding hydrogens is 280 g/mol. The molecule has 0 aliphatic heterocycles. The van der Waals surface area contributed by atoms with Gasteiger partial charge in [-0.15, -0.1) is 0 Å². The van der Waals surface area contributed by atoms with E-state index >= 15 is 0 Å². The Morgan fingerprint density at radius 3 is 2.36 bits per heavy atom. The molecule has 0 radical (unpaired) electrons. The van der Waals surface area contributed by atoms with Gasteiger partial charge in [0.15, 0.2) is 6.29 Å². The Hall–Kier alpha value is -2.75. The van der Waals surface area contributed by atoms with Crippen LogP contribution in [0.5, 0.6) is 17.2 Å². The molecule has 0 aliphatic carbocycles. The first-order chi connectivity index (χ1) is 10.5. The van der Waals surface area contributed by atoms with Crippen LogP contribution in [0.2, 0.25) is 0 Å². The predicted octanol–water partition coefficient (Wildman–Crippen LogP) is 4.03. The Morgan fingerprint density at radius 1 is 1.09 bits per heavy atom. The molecule has 0 saturated heterocycles. The van der Waals surface area contributed by atoms with Crippen molar-refractivity contribution >= 4 is 12.4 Å². The monoisotopic (exact) mass is 300 g/mol. The third-order valence-corrected chi connectivity index (χ3v) is 2.69. The highest BCUT2D eigenvalue weighted by Gasteiger charge is 1.98. The van der Waals surface area contributed by atoms with E-state index in [-0.39, 0.29) is 17.1 Å². The molecule has 0 spiro atoms. The Labute approximate surface area is 130 Å². The van der Waals surface area contributed by atoms with Gasteiger partial charge >= 0.3 is 0 Å². The van der Waals surface area contributed by atoms with Gasteiger partial charge < -0.3 is 14.9 Å². The lowest BCUT2D eigenvalue weighted by Crippen LogP contribution is -1.82. The lowest BCUT2D eigenvalue weighted by Gasteiger charge is -2.00. The topological polar surface area (TPSA) is 66.8 Å². The summed E-state index contributed by atoms with van der Waals surface area (Å²) < 4.78 is 5.11. The Balaban J connectivity index is 0.000000224. The largest absolute Gasteiger partial charge is 0.508 e. The van der Waals surface area contributed by atoms with Crippen LogP contribution < -0.4 is 4.74 Å². The highest BCUT2D eigenvalue weighted by molar-refractivity contribution is 5.79. The molecule has 22 heavy (non-hydrogen) atoms. The smallest absolute Gasteiger partial charge is 0.153 e. The summed E-state index contributed by atoms with van der Waals surface area (Å²) >= 11 is 0. The normalized spacial score (nSPS) is 9.23. The summed E-state index contributed by atoms with van der Waals surface area (Å²) in [4.78, 5) is 10.1. The number of phenols is 2. The summed E-state index contributed by atoms with van der Waals surface area (Å²) in [6.45, 7) is 4.17. The van der Waals surface area contributed by atoms with Crippen LogP contribution in [0.15, 0.2) is 48.0 Å². The number of aromatic hydroxyl groups is 2. The molecule has 0 heterocycles. The van der Waals surface area contributed by atoms with Gasteiger partial charge in [-0.05, 0) is 43.7 Å². The summed E-state index contributed by atoms with van der Waals surface area (Å²) in [6.07, 6.45) is 2.65. The van der Waals surface area contributed by atoms with Crippen molar-refractivity contribution in [3.63, 3.8) is 0 Å². The quantitative estimate of drug-likeness (QED) is 0.840. The highest BCUT2D eigenvalue weighted by Crippen LogP contribution is 2.20. The van der Waals surface area contributed by atoms with Gasteiger partial charge in [-0.2, -0.15) is 0 Å². The van der Waals surface area contributed by atoms with Crippen molar-refractivity contribution in [2.75, 3.05) is 7.11 Å². The lowest BCUT2D eigenvalue weighted by molar-refractivity contribution is 0.112. The minimum absolute atomic E-state index is 0.0527. The van der Waals surface area contributed by atoms with Gasteiger partial charge in [0.05, 0.1) is 12.7 Å². The maximum atomic E-state index is 10.1. The second-order valence-electron chi connectivity index (χ2n) is 4.86. The molecule has 0 aliphatic rings. The molecule has 0 aromatic heterocycles. The summed E-state index contributed by atoms with van der Waals surface area (Å²) in [5, 5.41) is 17.7. The fourth-order valence-electron chi connectivity index (χ4n) is 1.70. The second-order valence-corrected chi connectivity index (χ2v) is 4.86. The highest BCUT2D eigenvalue weighted by atomic mass is 16.5. The third-order valence-electron chi connectivity index (χ3n) is 2.69. The first-order valence-corrected chi connectivity index (χ1v) is 6.72. The molecule has 4 heteroatoms. The minimum Gasteiger partial charge on any atom is -0.508 e.